The number of nitrogens with zero attached hydrogens (tertiary/aromatic N) is 3. The van der Waals surface area contributed by atoms with Gasteiger partial charge in [0.15, 0.2) is 0 Å². The van der Waals surface area contributed by atoms with Crippen molar-refractivity contribution in [2.75, 3.05) is 18.0 Å². The molecule has 76 valence electrons. The van der Waals surface area contributed by atoms with Gasteiger partial charge in [-0.25, -0.2) is 9.97 Å². The molecule has 4 heteroatoms. The highest BCUT2D eigenvalue weighted by molar-refractivity contribution is 5.37. The lowest BCUT2D eigenvalue weighted by atomic mass is 9.95. The molecule has 0 saturated carbocycles. The van der Waals surface area contributed by atoms with Gasteiger partial charge in [0.25, 0.3) is 0 Å². The minimum atomic E-state index is 0.341. The molecular weight excluding hydrogens is 176 g/mol. The molecule has 1 aliphatic heterocycles. The van der Waals surface area contributed by atoms with Crippen molar-refractivity contribution in [2.24, 2.45) is 11.7 Å². The first-order valence-electron chi connectivity index (χ1n) is 5.04. The summed E-state index contributed by atoms with van der Waals surface area (Å²) in [5.41, 5.74) is 5.96. The first kappa shape index (κ1) is 9.40. The van der Waals surface area contributed by atoms with Gasteiger partial charge in [-0.15, -0.1) is 0 Å². The highest BCUT2D eigenvalue weighted by atomic mass is 15.2. The van der Waals surface area contributed by atoms with Crippen molar-refractivity contribution in [1.82, 2.24) is 9.97 Å². The summed E-state index contributed by atoms with van der Waals surface area (Å²) < 4.78 is 0. The van der Waals surface area contributed by atoms with Gasteiger partial charge in [-0.05, 0) is 18.4 Å². The monoisotopic (exact) mass is 192 g/mol. The van der Waals surface area contributed by atoms with Crippen LogP contribution in [0, 0.1) is 5.92 Å². The van der Waals surface area contributed by atoms with Crippen LogP contribution < -0.4 is 10.6 Å². The van der Waals surface area contributed by atoms with E-state index in [2.05, 4.69) is 21.8 Å². The Labute approximate surface area is 84.2 Å². The van der Waals surface area contributed by atoms with Crippen molar-refractivity contribution in [3.05, 3.63) is 18.6 Å². The average Bonchev–Trinajstić information content (AvgIpc) is 2.23. The second-order valence-electron chi connectivity index (χ2n) is 3.94. The number of rotatable bonds is 1. The van der Waals surface area contributed by atoms with E-state index in [1.165, 1.54) is 0 Å². The molecular formula is C10H16N4. The highest BCUT2D eigenvalue weighted by Crippen LogP contribution is 2.19. The zero-order chi connectivity index (χ0) is 9.97. The Kier molecular flexibility index (Phi) is 2.63. The first-order chi connectivity index (χ1) is 6.77. The number of piperidine rings is 1. The number of anilines is 1. The third-order valence-corrected chi connectivity index (χ3v) is 2.86. The van der Waals surface area contributed by atoms with Crippen LogP contribution in [-0.2, 0) is 0 Å². The van der Waals surface area contributed by atoms with Crippen molar-refractivity contribution in [3.8, 4) is 0 Å². The third-order valence-electron chi connectivity index (χ3n) is 2.86. The summed E-state index contributed by atoms with van der Waals surface area (Å²) in [5.74, 6) is 1.55. The van der Waals surface area contributed by atoms with Gasteiger partial charge in [0.05, 0.1) is 0 Å². The lowest BCUT2D eigenvalue weighted by molar-refractivity contribution is 0.381. The molecule has 1 saturated heterocycles. The number of hydrogen-bond acceptors (Lipinski definition) is 4. The van der Waals surface area contributed by atoms with Gasteiger partial charge < -0.3 is 10.6 Å². The second kappa shape index (κ2) is 3.92. The molecule has 0 radical (unpaired) electrons. The molecule has 1 fully saturated rings. The van der Waals surface area contributed by atoms with Crippen LogP contribution >= 0.6 is 0 Å². The SMILES string of the molecule is CC1CN(c2ccncn2)CCC1N. The van der Waals surface area contributed by atoms with Crippen molar-refractivity contribution in [2.45, 2.75) is 19.4 Å². The van der Waals surface area contributed by atoms with Crippen LogP contribution in [-0.4, -0.2) is 29.1 Å². The van der Waals surface area contributed by atoms with Crippen molar-refractivity contribution in [1.29, 1.82) is 0 Å². The van der Waals surface area contributed by atoms with E-state index in [1.54, 1.807) is 12.5 Å². The standard InChI is InChI=1S/C10H16N4/c1-8-6-14(5-3-9(8)11)10-2-4-12-7-13-10/h2,4,7-9H,3,5-6,11H2,1H3. The topological polar surface area (TPSA) is 55.0 Å². The van der Waals surface area contributed by atoms with E-state index in [0.717, 1.165) is 25.3 Å². The van der Waals surface area contributed by atoms with Crippen LogP contribution in [0.3, 0.4) is 0 Å². The number of aromatic nitrogens is 2. The van der Waals surface area contributed by atoms with Crippen LogP contribution in [0.25, 0.3) is 0 Å². The van der Waals surface area contributed by atoms with Crippen LogP contribution in [0.5, 0.6) is 0 Å². The van der Waals surface area contributed by atoms with E-state index in [9.17, 15) is 0 Å². The average molecular weight is 192 g/mol. The largest absolute Gasteiger partial charge is 0.356 e. The minimum absolute atomic E-state index is 0.341. The minimum Gasteiger partial charge on any atom is -0.356 e. The van der Waals surface area contributed by atoms with Gasteiger partial charge in [0.1, 0.15) is 12.1 Å². The molecule has 0 spiro atoms. The molecule has 2 N–H and O–H groups in total. The third kappa shape index (κ3) is 1.85. The first-order valence-corrected chi connectivity index (χ1v) is 5.04. The van der Waals surface area contributed by atoms with Gasteiger partial charge in [-0.1, -0.05) is 6.92 Å². The zero-order valence-corrected chi connectivity index (χ0v) is 8.43. The zero-order valence-electron chi connectivity index (χ0n) is 8.43. The van der Waals surface area contributed by atoms with Crippen LogP contribution in [0.15, 0.2) is 18.6 Å². The summed E-state index contributed by atoms with van der Waals surface area (Å²) in [4.78, 5) is 10.4. The second-order valence-corrected chi connectivity index (χ2v) is 3.94. The summed E-state index contributed by atoms with van der Waals surface area (Å²) in [6.45, 7) is 4.19. The molecule has 2 rings (SSSR count). The summed E-state index contributed by atoms with van der Waals surface area (Å²) >= 11 is 0. The summed E-state index contributed by atoms with van der Waals surface area (Å²) in [6, 6.07) is 2.29. The van der Waals surface area contributed by atoms with E-state index in [-0.39, 0.29) is 0 Å². The molecule has 0 aromatic carbocycles. The quantitative estimate of drug-likeness (QED) is 0.710. The molecule has 1 aliphatic rings. The van der Waals surface area contributed by atoms with Crippen LogP contribution in [0.2, 0.25) is 0 Å². The van der Waals surface area contributed by atoms with Gasteiger partial charge in [0, 0.05) is 25.3 Å². The Balaban J connectivity index is 2.07. The molecule has 2 unspecified atom stereocenters. The predicted octanol–water partition coefficient (Wildman–Crippen LogP) is 0.650. The molecule has 2 heterocycles. The maximum absolute atomic E-state index is 5.96. The Hall–Kier alpha value is -1.16. The molecule has 1 aromatic heterocycles. The Morgan fingerprint density at radius 1 is 1.57 bits per heavy atom. The fourth-order valence-corrected chi connectivity index (χ4v) is 1.84. The lowest BCUT2D eigenvalue weighted by Crippen LogP contribution is -2.46. The fourth-order valence-electron chi connectivity index (χ4n) is 1.84. The van der Waals surface area contributed by atoms with Crippen LogP contribution in [0.4, 0.5) is 5.82 Å². The Morgan fingerprint density at radius 2 is 2.43 bits per heavy atom. The van der Waals surface area contributed by atoms with Crippen LogP contribution in [0.1, 0.15) is 13.3 Å². The molecule has 0 aliphatic carbocycles. The van der Waals surface area contributed by atoms with E-state index in [0.29, 0.717) is 12.0 Å². The maximum Gasteiger partial charge on any atom is 0.131 e. The summed E-state index contributed by atoms with van der Waals surface area (Å²) in [7, 11) is 0. The van der Waals surface area contributed by atoms with E-state index < -0.39 is 0 Å². The van der Waals surface area contributed by atoms with Crippen molar-refractivity contribution in [3.63, 3.8) is 0 Å². The predicted molar refractivity (Wildman–Crippen MR) is 56.0 cm³/mol. The lowest BCUT2D eigenvalue weighted by Gasteiger charge is -2.35. The number of hydrogen-bond donors (Lipinski definition) is 1. The Morgan fingerprint density at radius 3 is 3.07 bits per heavy atom. The smallest absolute Gasteiger partial charge is 0.131 e. The molecule has 4 nitrogen and oxygen atoms in total. The van der Waals surface area contributed by atoms with Gasteiger partial charge in [0.2, 0.25) is 0 Å². The summed E-state index contributed by atoms with van der Waals surface area (Å²) in [6.07, 6.45) is 4.42. The normalized spacial score (nSPS) is 27.7. The Bertz CT molecular complexity index is 287. The maximum atomic E-state index is 5.96. The highest BCUT2D eigenvalue weighted by Gasteiger charge is 2.23. The number of nitrogens with two attached hydrogens (primary N) is 1. The molecule has 0 amide bonds. The van der Waals surface area contributed by atoms with E-state index in [4.69, 9.17) is 5.73 Å². The van der Waals surface area contributed by atoms with Gasteiger partial charge in [-0.2, -0.15) is 0 Å². The van der Waals surface area contributed by atoms with E-state index in [1.807, 2.05) is 6.07 Å². The van der Waals surface area contributed by atoms with Gasteiger partial charge >= 0.3 is 0 Å². The molecule has 0 bridgehead atoms. The summed E-state index contributed by atoms with van der Waals surface area (Å²) in [5, 5.41) is 0. The van der Waals surface area contributed by atoms with Crippen molar-refractivity contribution >= 4 is 5.82 Å². The van der Waals surface area contributed by atoms with Crippen molar-refractivity contribution < 1.29 is 0 Å². The van der Waals surface area contributed by atoms with Gasteiger partial charge in [-0.3, -0.25) is 0 Å². The molecule has 2 atom stereocenters. The molecule has 14 heavy (non-hydrogen) atoms. The van der Waals surface area contributed by atoms with E-state index >= 15 is 0 Å². The molecule has 1 aromatic rings. The fraction of sp³-hybridized carbons (Fsp3) is 0.600.